The van der Waals surface area contributed by atoms with E-state index in [4.69, 9.17) is 0 Å². The third-order valence-electron chi connectivity index (χ3n) is 4.42. The number of fused-ring (bicyclic) bond motifs is 1. The molecule has 1 aromatic heterocycles. The first kappa shape index (κ1) is 15.0. The van der Waals surface area contributed by atoms with Gasteiger partial charge in [0.25, 0.3) is 0 Å². The first-order chi connectivity index (χ1) is 10.6. The van der Waals surface area contributed by atoms with Crippen molar-refractivity contribution < 1.29 is 13.6 Å². The molecule has 1 aromatic carbocycles. The summed E-state index contributed by atoms with van der Waals surface area (Å²) in [5, 5.41) is 3.58. The molecule has 118 valence electrons. The largest absolute Gasteiger partial charge is 0.326 e. The number of carbonyl (C=O) groups excluding carboxylic acids is 1. The van der Waals surface area contributed by atoms with Gasteiger partial charge in [0.05, 0.1) is 5.52 Å². The second kappa shape index (κ2) is 6.46. The lowest BCUT2D eigenvalue weighted by Crippen LogP contribution is -2.18. The molecule has 1 aliphatic carbocycles. The van der Waals surface area contributed by atoms with Gasteiger partial charge in [-0.25, -0.2) is 0 Å². The first-order valence-corrected chi connectivity index (χ1v) is 7.82. The highest BCUT2D eigenvalue weighted by molar-refractivity contribution is 5.93. The molecule has 0 unspecified atom stereocenters. The van der Waals surface area contributed by atoms with Crippen molar-refractivity contribution in [3.63, 3.8) is 0 Å². The van der Waals surface area contributed by atoms with E-state index in [0.717, 1.165) is 22.8 Å². The normalized spacial score (nSPS) is 16.3. The summed E-state index contributed by atoms with van der Waals surface area (Å²) < 4.78 is 26.7. The Morgan fingerprint density at radius 3 is 2.73 bits per heavy atom. The number of anilines is 1. The summed E-state index contributed by atoms with van der Waals surface area (Å²) in [6.45, 7) is -2.58. The van der Waals surface area contributed by atoms with E-state index in [9.17, 15) is 13.6 Å². The minimum atomic E-state index is -2.58. The monoisotopic (exact) mass is 306 g/mol. The zero-order valence-electron chi connectivity index (χ0n) is 12.4. The first-order valence-electron chi connectivity index (χ1n) is 7.82. The number of amides is 1. The Morgan fingerprint density at radius 2 is 2.00 bits per heavy atom. The van der Waals surface area contributed by atoms with Crippen molar-refractivity contribution in [1.29, 1.82) is 0 Å². The van der Waals surface area contributed by atoms with Crippen LogP contribution < -0.4 is 5.32 Å². The summed E-state index contributed by atoms with van der Waals surface area (Å²) in [5.74, 6) is 0.434. The molecule has 1 amide bonds. The molecule has 3 nitrogen and oxygen atoms in total. The molecule has 0 aliphatic heterocycles. The quantitative estimate of drug-likeness (QED) is 0.852. The molecule has 1 saturated carbocycles. The zero-order chi connectivity index (χ0) is 15.5. The molecule has 2 aromatic rings. The lowest BCUT2D eigenvalue weighted by Gasteiger charge is -2.20. The summed E-state index contributed by atoms with van der Waals surface area (Å²) in [6.07, 6.45) is 7.77. The van der Waals surface area contributed by atoms with Crippen molar-refractivity contribution in [1.82, 2.24) is 4.57 Å². The molecule has 0 saturated heterocycles. The Kier molecular flexibility index (Phi) is 4.41. The Balaban J connectivity index is 1.70. The van der Waals surface area contributed by atoms with E-state index in [1.165, 1.54) is 25.5 Å². The fourth-order valence-electron chi connectivity index (χ4n) is 3.26. The minimum absolute atomic E-state index is 0.0265. The number of carbonyl (C=O) groups is 1. The summed E-state index contributed by atoms with van der Waals surface area (Å²) >= 11 is 0. The number of halogens is 2. The second-order valence-electron chi connectivity index (χ2n) is 6.03. The van der Waals surface area contributed by atoms with Gasteiger partial charge in [-0.1, -0.05) is 25.3 Å². The molecule has 5 heteroatoms. The number of hydrogen-bond acceptors (Lipinski definition) is 1. The summed E-state index contributed by atoms with van der Waals surface area (Å²) in [4.78, 5) is 12.1. The van der Waals surface area contributed by atoms with E-state index >= 15 is 0 Å². The molecule has 1 aliphatic rings. The van der Waals surface area contributed by atoms with E-state index in [1.54, 1.807) is 24.3 Å². The second-order valence-corrected chi connectivity index (χ2v) is 6.03. The number of nitrogens with one attached hydrogen (secondary N) is 1. The summed E-state index contributed by atoms with van der Waals surface area (Å²) in [6, 6.07) is 6.77. The fraction of sp³-hybridized carbons (Fsp3) is 0.471. The van der Waals surface area contributed by atoms with Crippen LogP contribution >= 0.6 is 0 Å². The smallest absolute Gasteiger partial charge is 0.319 e. The van der Waals surface area contributed by atoms with E-state index in [2.05, 4.69) is 5.32 Å². The molecule has 0 bridgehead atoms. The highest BCUT2D eigenvalue weighted by Crippen LogP contribution is 2.28. The molecule has 22 heavy (non-hydrogen) atoms. The average Bonchev–Trinajstić information content (AvgIpc) is 2.91. The maximum Gasteiger partial charge on any atom is 0.319 e. The van der Waals surface area contributed by atoms with E-state index in [0.29, 0.717) is 23.5 Å². The van der Waals surface area contributed by atoms with E-state index in [1.807, 2.05) is 0 Å². The maximum atomic E-state index is 12.9. The van der Waals surface area contributed by atoms with Gasteiger partial charge in [-0.15, -0.1) is 0 Å². The number of hydrogen-bond donors (Lipinski definition) is 1. The van der Waals surface area contributed by atoms with Crippen LogP contribution in [-0.4, -0.2) is 10.5 Å². The van der Waals surface area contributed by atoms with Crippen LogP contribution in [0.4, 0.5) is 14.5 Å². The SMILES string of the molecule is O=C(CC1CCCCC1)Nc1ccc2ccn(C(F)F)c2c1. The van der Waals surface area contributed by atoms with Crippen molar-refractivity contribution in [2.24, 2.45) is 5.92 Å². The lowest BCUT2D eigenvalue weighted by molar-refractivity contribution is -0.117. The van der Waals surface area contributed by atoms with Gasteiger partial charge in [-0.3, -0.25) is 9.36 Å². The highest BCUT2D eigenvalue weighted by Gasteiger charge is 2.17. The van der Waals surface area contributed by atoms with Crippen molar-refractivity contribution in [3.8, 4) is 0 Å². The molecular formula is C17H20F2N2O. The van der Waals surface area contributed by atoms with Crippen molar-refractivity contribution in [3.05, 3.63) is 30.5 Å². The molecule has 1 fully saturated rings. The molecule has 1 heterocycles. The van der Waals surface area contributed by atoms with Crippen molar-refractivity contribution in [2.75, 3.05) is 5.32 Å². The van der Waals surface area contributed by atoms with Crippen molar-refractivity contribution in [2.45, 2.75) is 45.1 Å². The number of nitrogens with zero attached hydrogens (tertiary/aromatic N) is 1. The van der Waals surface area contributed by atoms with Crippen LogP contribution in [0.25, 0.3) is 10.9 Å². The third-order valence-corrected chi connectivity index (χ3v) is 4.42. The number of aromatic nitrogens is 1. The van der Waals surface area contributed by atoms with Crippen LogP contribution in [0.15, 0.2) is 30.5 Å². The van der Waals surface area contributed by atoms with Gasteiger partial charge in [0, 0.05) is 18.3 Å². The highest BCUT2D eigenvalue weighted by atomic mass is 19.3. The van der Waals surface area contributed by atoms with Crippen LogP contribution in [-0.2, 0) is 4.79 Å². The van der Waals surface area contributed by atoms with Gasteiger partial charge >= 0.3 is 6.55 Å². The van der Waals surface area contributed by atoms with Gasteiger partial charge in [0.15, 0.2) is 0 Å². The number of benzene rings is 1. The van der Waals surface area contributed by atoms with Gasteiger partial charge in [-0.05, 0) is 42.3 Å². The maximum absolute atomic E-state index is 12.9. The third kappa shape index (κ3) is 3.29. The van der Waals surface area contributed by atoms with E-state index < -0.39 is 6.55 Å². The van der Waals surface area contributed by atoms with Gasteiger partial charge in [0.2, 0.25) is 5.91 Å². The summed E-state index contributed by atoms with van der Waals surface area (Å²) in [7, 11) is 0. The van der Waals surface area contributed by atoms with Gasteiger partial charge in [0.1, 0.15) is 0 Å². The van der Waals surface area contributed by atoms with Gasteiger partial charge < -0.3 is 5.32 Å². The van der Waals surface area contributed by atoms with Crippen LogP contribution in [0.2, 0.25) is 0 Å². The molecular weight excluding hydrogens is 286 g/mol. The van der Waals surface area contributed by atoms with Crippen molar-refractivity contribution >= 4 is 22.5 Å². The van der Waals surface area contributed by atoms with Crippen LogP contribution in [0, 0.1) is 5.92 Å². The Labute approximate surface area is 128 Å². The van der Waals surface area contributed by atoms with E-state index in [-0.39, 0.29) is 5.91 Å². The molecule has 3 rings (SSSR count). The summed E-state index contributed by atoms with van der Waals surface area (Å²) in [5.41, 5.74) is 1.01. The molecule has 1 N–H and O–H groups in total. The molecule has 0 atom stereocenters. The van der Waals surface area contributed by atoms with Crippen LogP contribution in [0.3, 0.4) is 0 Å². The topological polar surface area (TPSA) is 34.0 Å². The lowest BCUT2D eigenvalue weighted by atomic mass is 9.87. The number of rotatable bonds is 4. The Bertz CT molecular complexity index is 660. The fourth-order valence-corrected chi connectivity index (χ4v) is 3.26. The van der Waals surface area contributed by atoms with Crippen LogP contribution in [0.1, 0.15) is 45.1 Å². The predicted molar refractivity (Wildman–Crippen MR) is 83.0 cm³/mol. The van der Waals surface area contributed by atoms with Crippen LogP contribution in [0.5, 0.6) is 0 Å². The molecule has 0 spiro atoms. The average molecular weight is 306 g/mol. The Hall–Kier alpha value is -1.91. The standard InChI is InChI=1S/C17H20F2N2O/c18-17(19)21-9-8-13-6-7-14(11-15(13)21)20-16(22)10-12-4-2-1-3-5-12/h6-9,11-12,17H,1-5,10H2,(H,20,22). The zero-order valence-corrected chi connectivity index (χ0v) is 12.4. The number of alkyl halides is 2. The van der Waals surface area contributed by atoms with Gasteiger partial charge in [-0.2, -0.15) is 8.78 Å². The minimum Gasteiger partial charge on any atom is -0.326 e. The molecule has 0 radical (unpaired) electrons. The Morgan fingerprint density at radius 1 is 1.23 bits per heavy atom. The predicted octanol–water partition coefficient (Wildman–Crippen LogP) is 4.95.